The molecule has 0 unspecified atom stereocenters. The molecule has 1 aliphatic heterocycles. The van der Waals surface area contributed by atoms with Crippen LogP contribution in [0.25, 0.3) is 0 Å². The molecule has 118 valence electrons. The van der Waals surface area contributed by atoms with Crippen LogP contribution in [0.3, 0.4) is 0 Å². The van der Waals surface area contributed by atoms with Gasteiger partial charge in [0, 0.05) is 17.6 Å². The average molecular weight is 325 g/mol. The molecule has 1 atom stereocenters. The number of nitrogens with one attached hydrogen (secondary N) is 1. The highest BCUT2D eigenvalue weighted by Crippen LogP contribution is 2.28. The van der Waals surface area contributed by atoms with Gasteiger partial charge in [-0.2, -0.15) is 0 Å². The van der Waals surface area contributed by atoms with Crippen LogP contribution < -0.4 is 10.1 Å². The van der Waals surface area contributed by atoms with Crippen molar-refractivity contribution in [2.75, 3.05) is 32.1 Å². The van der Waals surface area contributed by atoms with E-state index < -0.39 is 6.10 Å². The molecule has 0 bridgehead atoms. The molecule has 7 heteroatoms. The molecule has 1 heterocycles. The Morgan fingerprint density at radius 2 is 2.32 bits per heavy atom. The summed E-state index contributed by atoms with van der Waals surface area (Å²) in [5.41, 5.74) is 0.493. The Morgan fingerprint density at radius 1 is 1.55 bits per heavy atom. The van der Waals surface area contributed by atoms with Gasteiger partial charge in [-0.3, -0.25) is 9.59 Å². The largest absolute Gasteiger partial charge is 0.495 e. The van der Waals surface area contributed by atoms with Gasteiger partial charge in [0.2, 0.25) is 5.91 Å². The number of ether oxygens (including phenoxy) is 2. The van der Waals surface area contributed by atoms with Crippen LogP contribution in [0.15, 0.2) is 30.9 Å². The van der Waals surface area contributed by atoms with Crippen LogP contribution in [0, 0.1) is 0 Å². The van der Waals surface area contributed by atoms with Crippen molar-refractivity contribution in [1.29, 1.82) is 0 Å². The second kappa shape index (κ2) is 7.29. The van der Waals surface area contributed by atoms with Crippen molar-refractivity contribution in [3.63, 3.8) is 0 Å². The molecule has 1 aliphatic rings. The summed E-state index contributed by atoms with van der Waals surface area (Å²) in [6, 6.07) is 4.90. The normalized spacial score (nSPS) is 17.7. The van der Waals surface area contributed by atoms with Gasteiger partial charge in [-0.05, 0) is 18.2 Å². The van der Waals surface area contributed by atoms with Gasteiger partial charge in [-0.15, -0.1) is 0 Å². The lowest BCUT2D eigenvalue weighted by atomic mass is 10.2. The van der Waals surface area contributed by atoms with Gasteiger partial charge < -0.3 is 19.7 Å². The van der Waals surface area contributed by atoms with Crippen molar-refractivity contribution >= 4 is 29.1 Å². The first-order valence-corrected chi connectivity index (χ1v) is 7.10. The zero-order chi connectivity index (χ0) is 16.1. The number of hydrogen-bond donors (Lipinski definition) is 1. The highest BCUT2D eigenvalue weighted by Gasteiger charge is 2.28. The monoisotopic (exact) mass is 324 g/mol. The Kier molecular flexibility index (Phi) is 5.41. The molecule has 0 spiro atoms. The van der Waals surface area contributed by atoms with E-state index in [2.05, 4.69) is 11.9 Å². The summed E-state index contributed by atoms with van der Waals surface area (Å²) < 4.78 is 10.6. The summed E-state index contributed by atoms with van der Waals surface area (Å²) in [4.78, 5) is 25.4. The minimum Gasteiger partial charge on any atom is -0.495 e. The molecule has 1 aromatic carbocycles. The molecule has 1 fully saturated rings. The maximum absolute atomic E-state index is 12.3. The van der Waals surface area contributed by atoms with E-state index in [1.54, 1.807) is 18.2 Å². The topological polar surface area (TPSA) is 67.9 Å². The number of anilines is 1. The van der Waals surface area contributed by atoms with Crippen LogP contribution in [-0.2, 0) is 14.3 Å². The summed E-state index contributed by atoms with van der Waals surface area (Å²) in [6.45, 7) is 4.37. The van der Waals surface area contributed by atoms with Crippen LogP contribution in [0.1, 0.15) is 0 Å². The lowest BCUT2D eigenvalue weighted by Gasteiger charge is -2.31. The van der Waals surface area contributed by atoms with Gasteiger partial charge >= 0.3 is 0 Å². The van der Waals surface area contributed by atoms with Gasteiger partial charge in [-0.25, -0.2) is 0 Å². The van der Waals surface area contributed by atoms with E-state index in [0.29, 0.717) is 29.6 Å². The Morgan fingerprint density at radius 3 is 3.00 bits per heavy atom. The number of carbonyl (C=O) groups excluding carboxylic acids is 2. The van der Waals surface area contributed by atoms with E-state index in [9.17, 15) is 9.59 Å². The van der Waals surface area contributed by atoms with E-state index in [1.165, 1.54) is 18.1 Å². The lowest BCUT2D eigenvalue weighted by Crippen LogP contribution is -2.49. The van der Waals surface area contributed by atoms with Crippen molar-refractivity contribution in [2.24, 2.45) is 0 Å². The van der Waals surface area contributed by atoms with E-state index >= 15 is 0 Å². The third-order valence-corrected chi connectivity index (χ3v) is 3.50. The smallest absolute Gasteiger partial charge is 0.255 e. The van der Waals surface area contributed by atoms with Gasteiger partial charge in [0.25, 0.3) is 5.91 Å². The molecular formula is C15H17ClN2O4. The molecular weight excluding hydrogens is 308 g/mol. The van der Waals surface area contributed by atoms with E-state index in [-0.39, 0.29) is 18.4 Å². The third kappa shape index (κ3) is 3.78. The minimum atomic E-state index is -0.738. The molecule has 2 rings (SSSR count). The fourth-order valence-electron chi connectivity index (χ4n) is 2.12. The maximum atomic E-state index is 12.3. The van der Waals surface area contributed by atoms with E-state index in [0.717, 1.165) is 0 Å². The number of benzene rings is 1. The van der Waals surface area contributed by atoms with Crippen LogP contribution in [0.2, 0.25) is 5.02 Å². The number of nitrogens with zero attached hydrogens (tertiary/aromatic N) is 1. The molecule has 0 aliphatic carbocycles. The fourth-order valence-corrected chi connectivity index (χ4v) is 2.28. The van der Waals surface area contributed by atoms with Gasteiger partial charge in [0.1, 0.15) is 5.75 Å². The number of methoxy groups -OCH3 is 1. The Bertz CT molecular complexity index is 591. The highest BCUT2D eigenvalue weighted by atomic mass is 35.5. The first-order chi connectivity index (χ1) is 10.5. The Labute approximate surface area is 133 Å². The predicted octanol–water partition coefficient (Wildman–Crippen LogP) is 1.70. The zero-order valence-electron chi connectivity index (χ0n) is 12.2. The molecule has 1 N–H and O–H groups in total. The lowest BCUT2D eigenvalue weighted by molar-refractivity contribution is -0.141. The van der Waals surface area contributed by atoms with Crippen molar-refractivity contribution in [2.45, 2.75) is 6.10 Å². The van der Waals surface area contributed by atoms with Crippen LogP contribution in [-0.4, -0.2) is 49.6 Å². The van der Waals surface area contributed by atoms with Crippen LogP contribution >= 0.6 is 11.6 Å². The van der Waals surface area contributed by atoms with Crippen molar-refractivity contribution in [1.82, 2.24) is 4.90 Å². The first kappa shape index (κ1) is 16.3. The SMILES string of the molecule is C=CC(=O)N1CCO[C@H](C(=O)Nc2ccc(Cl)cc2OC)C1. The van der Waals surface area contributed by atoms with Gasteiger partial charge in [-0.1, -0.05) is 18.2 Å². The molecule has 1 saturated heterocycles. The number of amides is 2. The predicted molar refractivity (Wildman–Crippen MR) is 83.2 cm³/mol. The molecule has 1 aromatic rings. The summed E-state index contributed by atoms with van der Waals surface area (Å²) in [5.74, 6) is -0.108. The standard InChI is InChI=1S/C15H17ClN2O4/c1-3-14(19)18-6-7-22-13(9-18)15(20)17-11-5-4-10(16)8-12(11)21-2/h3-5,8,13H,1,6-7,9H2,2H3,(H,17,20)/t13-/m0/s1. The van der Waals surface area contributed by atoms with Gasteiger partial charge in [0.15, 0.2) is 6.10 Å². The molecule has 22 heavy (non-hydrogen) atoms. The molecule has 0 aromatic heterocycles. The number of morpholine rings is 1. The molecule has 6 nitrogen and oxygen atoms in total. The van der Waals surface area contributed by atoms with Crippen LogP contribution in [0.5, 0.6) is 5.75 Å². The highest BCUT2D eigenvalue weighted by molar-refractivity contribution is 6.30. The molecule has 0 saturated carbocycles. The van der Waals surface area contributed by atoms with Crippen molar-refractivity contribution in [3.05, 3.63) is 35.9 Å². The van der Waals surface area contributed by atoms with Crippen molar-refractivity contribution < 1.29 is 19.1 Å². The Hall–Kier alpha value is -2.05. The van der Waals surface area contributed by atoms with Crippen molar-refractivity contribution in [3.8, 4) is 5.75 Å². The fraction of sp³-hybridized carbons (Fsp3) is 0.333. The van der Waals surface area contributed by atoms with E-state index in [4.69, 9.17) is 21.1 Å². The number of hydrogen-bond acceptors (Lipinski definition) is 4. The molecule has 2 amide bonds. The first-order valence-electron chi connectivity index (χ1n) is 6.72. The van der Waals surface area contributed by atoms with Gasteiger partial charge in [0.05, 0.1) is 25.9 Å². The summed E-state index contributed by atoms with van der Waals surface area (Å²) in [6.07, 6.45) is 0.487. The number of rotatable bonds is 4. The summed E-state index contributed by atoms with van der Waals surface area (Å²) in [7, 11) is 1.49. The summed E-state index contributed by atoms with van der Waals surface area (Å²) in [5, 5.41) is 3.23. The second-order valence-corrected chi connectivity index (χ2v) is 5.12. The quantitative estimate of drug-likeness (QED) is 0.856. The molecule has 0 radical (unpaired) electrons. The Balaban J connectivity index is 2.05. The number of carbonyl (C=O) groups is 2. The zero-order valence-corrected chi connectivity index (χ0v) is 12.9. The maximum Gasteiger partial charge on any atom is 0.255 e. The van der Waals surface area contributed by atoms with E-state index in [1.807, 2.05) is 0 Å². The summed E-state index contributed by atoms with van der Waals surface area (Å²) >= 11 is 5.88. The second-order valence-electron chi connectivity index (χ2n) is 4.68. The third-order valence-electron chi connectivity index (χ3n) is 3.27. The minimum absolute atomic E-state index is 0.187. The van der Waals surface area contributed by atoms with Crippen LogP contribution in [0.4, 0.5) is 5.69 Å². The average Bonchev–Trinajstić information content (AvgIpc) is 2.55. The number of halogens is 1.